The number of H-pyrrole nitrogens is 2. The fourth-order valence-corrected chi connectivity index (χ4v) is 1.59. The fraction of sp³-hybridized carbons (Fsp3) is 0.273. The molecular formula is C11H13N3O2. The molecule has 1 heterocycles. The van der Waals surface area contributed by atoms with Gasteiger partial charge >= 0.3 is 5.69 Å². The topological polar surface area (TPSA) is 77.8 Å². The lowest BCUT2D eigenvalue weighted by atomic mass is 10.1. The van der Waals surface area contributed by atoms with Crippen LogP contribution in [0.3, 0.4) is 0 Å². The molecule has 0 radical (unpaired) electrons. The van der Waals surface area contributed by atoms with Gasteiger partial charge < -0.3 is 15.3 Å². The number of aromatic nitrogens is 2. The zero-order chi connectivity index (χ0) is 11.7. The van der Waals surface area contributed by atoms with Crippen LogP contribution in [0.1, 0.15) is 24.2 Å². The van der Waals surface area contributed by atoms with Crippen LogP contribution in [0.4, 0.5) is 0 Å². The number of hydrogen-bond donors (Lipinski definition) is 3. The van der Waals surface area contributed by atoms with Crippen molar-refractivity contribution in [3.8, 4) is 0 Å². The fourth-order valence-electron chi connectivity index (χ4n) is 1.59. The number of fused-ring (bicyclic) bond motifs is 1. The molecule has 0 aliphatic heterocycles. The average Bonchev–Trinajstić information content (AvgIpc) is 2.55. The first-order valence-electron chi connectivity index (χ1n) is 5.10. The first-order chi connectivity index (χ1) is 7.58. The summed E-state index contributed by atoms with van der Waals surface area (Å²) in [6.07, 6.45) is 0. The minimum absolute atomic E-state index is 0.0634. The van der Waals surface area contributed by atoms with Crippen LogP contribution in [0.5, 0.6) is 0 Å². The van der Waals surface area contributed by atoms with Crippen molar-refractivity contribution in [2.75, 3.05) is 0 Å². The summed E-state index contributed by atoms with van der Waals surface area (Å²) in [6, 6.07) is 5.23. The second kappa shape index (κ2) is 3.84. The molecule has 0 aliphatic carbocycles. The highest BCUT2D eigenvalue weighted by Crippen LogP contribution is 2.12. The number of benzene rings is 1. The minimum atomic E-state index is -0.306. The maximum absolute atomic E-state index is 11.8. The van der Waals surface area contributed by atoms with Gasteiger partial charge in [0.15, 0.2) is 0 Å². The Kier molecular flexibility index (Phi) is 2.52. The number of imidazole rings is 1. The van der Waals surface area contributed by atoms with Crippen molar-refractivity contribution in [3.63, 3.8) is 0 Å². The Bertz CT molecular complexity index is 580. The average molecular weight is 219 g/mol. The monoisotopic (exact) mass is 219 g/mol. The number of carbonyl (C=O) groups excluding carboxylic acids is 1. The zero-order valence-electron chi connectivity index (χ0n) is 9.13. The van der Waals surface area contributed by atoms with Gasteiger partial charge in [0.25, 0.3) is 5.91 Å². The minimum Gasteiger partial charge on any atom is -0.350 e. The maximum Gasteiger partial charge on any atom is 0.323 e. The van der Waals surface area contributed by atoms with E-state index in [1.807, 2.05) is 13.8 Å². The molecular weight excluding hydrogens is 206 g/mol. The Morgan fingerprint density at radius 2 is 2.06 bits per heavy atom. The molecule has 1 aromatic carbocycles. The van der Waals surface area contributed by atoms with E-state index in [-0.39, 0.29) is 17.6 Å². The number of hydrogen-bond acceptors (Lipinski definition) is 2. The molecule has 0 saturated heterocycles. The molecule has 0 bridgehead atoms. The molecule has 1 aromatic heterocycles. The van der Waals surface area contributed by atoms with Crippen LogP contribution in [-0.2, 0) is 0 Å². The molecule has 0 atom stereocenters. The zero-order valence-corrected chi connectivity index (χ0v) is 9.13. The van der Waals surface area contributed by atoms with Crippen LogP contribution in [0.2, 0.25) is 0 Å². The van der Waals surface area contributed by atoms with Crippen molar-refractivity contribution in [2.45, 2.75) is 19.9 Å². The van der Waals surface area contributed by atoms with Crippen LogP contribution in [0.25, 0.3) is 11.0 Å². The van der Waals surface area contributed by atoms with Crippen molar-refractivity contribution < 1.29 is 4.79 Å². The van der Waals surface area contributed by atoms with Crippen LogP contribution < -0.4 is 11.0 Å². The van der Waals surface area contributed by atoms with E-state index in [0.717, 1.165) is 0 Å². The van der Waals surface area contributed by atoms with Gasteiger partial charge in [0, 0.05) is 6.04 Å². The second-order valence-corrected chi connectivity index (χ2v) is 3.94. The Hall–Kier alpha value is -2.04. The molecule has 0 aliphatic rings. The number of aromatic amines is 2. The molecule has 5 nitrogen and oxygen atoms in total. The van der Waals surface area contributed by atoms with Crippen molar-refractivity contribution in [1.82, 2.24) is 15.3 Å². The van der Waals surface area contributed by atoms with Gasteiger partial charge in [-0.1, -0.05) is 6.07 Å². The third kappa shape index (κ3) is 1.84. The summed E-state index contributed by atoms with van der Waals surface area (Å²) in [4.78, 5) is 28.2. The molecule has 0 spiro atoms. The molecule has 5 heteroatoms. The highest BCUT2D eigenvalue weighted by molar-refractivity contribution is 6.04. The summed E-state index contributed by atoms with van der Waals surface area (Å²) in [7, 11) is 0. The summed E-state index contributed by atoms with van der Waals surface area (Å²) in [5.74, 6) is -0.184. The van der Waals surface area contributed by atoms with Gasteiger partial charge in [-0.25, -0.2) is 4.79 Å². The van der Waals surface area contributed by atoms with Crippen molar-refractivity contribution in [2.24, 2.45) is 0 Å². The lowest BCUT2D eigenvalue weighted by Crippen LogP contribution is -2.30. The van der Waals surface area contributed by atoms with E-state index < -0.39 is 0 Å². The summed E-state index contributed by atoms with van der Waals surface area (Å²) in [6.45, 7) is 3.77. The smallest absolute Gasteiger partial charge is 0.323 e. The third-order valence-corrected chi connectivity index (χ3v) is 2.22. The molecule has 84 valence electrons. The number of nitrogens with one attached hydrogen (secondary N) is 3. The molecule has 0 fully saturated rings. The molecule has 0 unspecified atom stereocenters. The molecule has 1 amide bonds. The normalized spacial score (nSPS) is 10.9. The van der Waals surface area contributed by atoms with E-state index in [9.17, 15) is 9.59 Å². The predicted molar refractivity (Wildman–Crippen MR) is 61.5 cm³/mol. The Labute approximate surface area is 91.9 Å². The van der Waals surface area contributed by atoms with E-state index in [0.29, 0.717) is 16.6 Å². The number of carbonyl (C=O) groups is 1. The Morgan fingerprint density at radius 1 is 1.31 bits per heavy atom. The van der Waals surface area contributed by atoms with E-state index in [1.54, 1.807) is 18.2 Å². The second-order valence-electron chi connectivity index (χ2n) is 3.94. The summed E-state index contributed by atoms with van der Waals surface area (Å²) in [5, 5.41) is 2.79. The molecule has 2 rings (SSSR count). The number of amides is 1. The van der Waals surface area contributed by atoms with Crippen molar-refractivity contribution >= 4 is 16.9 Å². The standard InChI is InChI=1S/C11H13N3O2/c1-6(2)12-10(15)7-4-3-5-8-9(7)14-11(16)13-8/h3-6H,1-2H3,(H,12,15)(H2,13,14,16). The van der Waals surface area contributed by atoms with Crippen LogP contribution >= 0.6 is 0 Å². The van der Waals surface area contributed by atoms with Gasteiger partial charge in [-0.05, 0) is 26.0 Å². The largest absolute Gasteiger partial charge is 0.350 e. The lowest BCUT2D eigenvalue weighted by molar-refractivity contribution is 0.0944. The number of rotatable bonds is 2. The quantitative estimate of drug-likeness (QED) is 0.704. The third-order valence-electron chi connectivity index (χ3n) is 2.22. The van der Waals surface area contributed by atoms with E-state index in [2.05, 4.69) is 15.3 Å². The molecule has 3 N–H and O–H groups in total. The molecule has 0 saturated carbocycles. The van der Waals surface area contributed by atoms with Crippen molar-refractivity contribution in [3.05, 3.63) is 34.2 Å². The van der Waals surface area contributed by atoms with Crippen LogP contribution in [0, 0.1) is 0 Å². The maximum atomic E-state index is 11.8. The predicted octanol–water partition coefficient (Wildman–Crippen LogP) is 0.994. The highest BCUT2D eigenvalue weighted by Gasteiger charge is 2.12. The number of para-hydroxylation sites is 1. The lowest BCUT2D eigenvalue weighted by Gasteiger charge is -2.08. The first kappa shape index (κ1) is 10.5. The summed E-state index contributed by atoms with van der Waals surface area (Å²) in [5.41, 5.74) is 1.36. The summed E-state index contributed by atoms with van der Waals surface area (Å²) < 4.78 is 0. The highest BCUT2D eigenvalue weighted by atomic mass is 16.2. The van der Waals surface area contributed by atoms with E-state index in [1.165, 1.54) is 0 Å². The summed E-state index contributed by atoms with van der Waals surface area (Å²) >= 11 is 0. The SMILES string of the molecule is CC(C)NC(=O)c1cccc2[nH]c(=O)[nH]c12. The Morgan fingerprint density at radius 3 is 2.75 bits per heavy atom. The van der Waals surface area contributed by atoms with Gasteiger partial charge in [0.05, 0.1) is 16.6 Å². The van der Waals surface area contributed by atoms with Gasteiger partial charge in [0.1, 0.15) is 0 Å². The van der Waals surface area contributed by atoms with Crippen LogP contribution in [-0.4, -0.2) is 21.9 Å². The first-order valence-corrected chi connectivity index (χ1v) is 5.10. The van der Waals surface area contributed by atoms with Crippen LogP contribution in [0.15, 0.2) is 23.0 Å². The van der Waals surface area contributed by atoms with E-state index in [4.69, 9.17) is 0 Å². The van der Waals surface area contributed by atoms with Gasteiger partial charge in [-0.2, -0.15) is 0 Å². The Balaban J connectivity index is 2.51. The van der Waals surface area contributed by atoms with Crippen molar-refractivity contribution in [1.29, 1.82) is 0 Å². The van der Waals surface area contributed by atoms with Gasteiger partial charge in [0.2, 0.25) is 0 Å². The van der Waals surface area contributed by atoms with Gasteiger partial charge in [-0.3, -0.25) is 4.79 Å². The van der Waals surface area contributed by atoms with E-state index >= 15 is 0 Å². The molecule has 2 aromatic rings. The van der Waals surface area contributed by atoms with Gasteiger partial charge in [-0.15, -0.1) is 0 Å². The molecule has 16 heavy (non-hydrogen) atoms.